The number of halogens is 1. The normalized spacial score (nSPS) is 11.2. The summed E-state index contributed by atoms with van der Waals surface area (Å²) in [7, 11) is 1.75. The molecule has 2 heterocycles. The second-order valence-electron chi connectivity index (χ2n) is 6.92. The standard InChI is InChI=1S/C22H25ClN2OS/c1-14(2)19-20(26-5)16(4)25(13-17-9-11-24-12-10-17)22(19)27-21-15(3)7-6-8-18(21)23/h6-12,14H,13H2,1-5H3. The first-order valence-corrected chi connectivity index (χ1v) is 10.2. The molecule has 0 saturated carbocycles. The lowest BCUT2D eigenvalue weighted by Crippen LogP contribution is -2.04. The molecule has 2 aromatic heterocycles. The Hall–Kier alpha value is -1.91. The maximum absolute atomic E-state index is 6.53. The van der Waals surface area contributed by atoms with Crippen molar-refractivity contribution in [3.63, 3.8) is 0 Å². The van der Waals surface area contributed by atoms with Crippen molar-refractivity contribution in [1.29, 1.82) is 0 Å². The van der Waals surface area contributed by atoms with Crippen molar-refractivity contribution in [2.24, 2.45) is 0 Å². The average Bonchev–Trinajstić information content (AvgIpc) is 2.91. The number of hydrogen-bond acceptors (Lipinski definition) is 3. The molecule has 0 spiro atoms. The third-order valence-electron chi connectivity index (χ3n) is 4.69. The first-order chi connectivity index (χ1) is 12.9. The fourth-order valence-electron chi connectivity index (χ4n) is 3.29. The van der Waals surface area contributed by atoms with Crippen LogP contribution in [0, 0.1) is 13.8 Å². The number of aryl methyl sites for hydroxylation is 1. The van der Waals surface area contributed by atoms with Gasteiger partial charge >= 0.3 is 0 Å². The summed E-state index contributed by atoms with van der Waals surface area (Å²) in [4.78, 5) is 5.23. The summed E-state index contributed by atoms with van der Waals surface area (Å²) >= 11 is 8.26. The number of pyridine rings is 1. The average molecular weight is 401 g/mol. The van der Waals surface area contributed by atoms with Crippen molar-refractivity contribution in [2.75, 3.05) is 7.11 Å². The third kappa shape index (κ3) is 4.02. The van der Waals surface area contributed by atoms with Gasteiger partial charge in [0.15, 0.2) is 0 Å². The lowest BCUT2D eigenvalue weighted by molar-refractivity contribution is 0.404. The van der Waals surface area contributed by atoms with E-state index in [1.165, 1.54) is 21.7 Å². The van der Waals surface area contributed by atoms with Gasteiger partial charge in [0.05, 0.1) is 22.9 Å². The van der Waals surface area contributed by atoms with Crippen LogP contribution in [0.25, 0.3) is 0 Å². The fraction of sp³-hybridized carbons (Fsp3) is 0.318. The maximum Gasteiger partial charge on any atom is 0.144 e. The number of rotatable bonds is 6. The Morgan fingerprint density at radius 3 is 2.44 bits per heavy atom. The highest BCUT2D eigenvalue weighted by molar-refractivity contribution is 7.99. The highest BCUT2D eigenvalue weighted by Crippen LogP contribution is 2.45. The van der Waals surface area contributed by atoms with E-state index in [0.29, 0.717) is 5.92 Å². The SMILES string of the molecule is COc1c(C(C)C)c(Sc2c(C)cccc2Cl)n(Cc2ccncc2)c1C. The van der Waals surface area contributed by atoms with Crippen molar-refractivity contribution < 1.29 is 4.74 Å². The van der Waals surface area contributed by atoms with Gasteiger partial charge in [0, 0.05) is 29.4 Å². The number of ether oxygens (including phenoxy) is 1. The summed E-state index contributed by atoms with van der Waals surface area (Å²) in [5.74, 6) is 1.30. The summed E-state index contributed by atoms with van der Waals surface area (Å²) < 4.78 is 8.15. The summed E-state index contributed by atoms with van der Waals surface area (Å²) in [5.41, 5.74) is 4.74. The van der Waals surface area contributed by atoms with E-state index in [-0.39, 0.29) is 0 Å². The number of benzene rings is 1. The van der Waals surface area contributed by atoms with Gasteiger partial charge in [-0.15, -0.1) is 0 Å². The summed E-state index contributed by atoms with van der Waals surface area (Å²) in [5, 5.41) is 1.97. The van der Waals surface area contributed by atoms with Crippen molar-refractivity contribution in [1.82, 2.24) is 9.55 Å². The molecule has 0 saturated heterocycles. The topological polar surface area (TPSA) is 27.1 Å². The van der Waals surface area contributed by atoms with Gasteiger partial charge in [0.25, 0.3) is 0 Å². The fourth-order valence-corrected chi connectivity index (χ4v) is 4.97. The molecule has 1 aromatic carbocycles. The molecule has 0 bridgehead atoms. The van der Waals surface area contributed by atoms with Gasteiger partial charge in [-0.25, -0.2) is 0 Å². The van der Waals surface area contributed by atoms with Crippen LogP contribution in [-0.4, -0.2) is 16.7 Å². The van der Waals surface area contributed by atoms with Gasteiger partial charge in [0.1, 0.15) is 5.75 Å². The van der Waals surface area contributed by atoms with E-state index in [1.807, 2.05) is 24.5 Å². The van der Waals surface area contributed by atoms with Crippen LogP contribution in [0.5, 0.6) is 5.75 Å². The molecule has 0 unspecified atom stereocenters. The molecular formula is C22H25ClN2OS. The van der Waals surface area contributed by atoms with Crippen molar-refractivity contribution in [2.45, 2.75) is 50.1 Å². The minimum Gasteiger partial charge on any atom is -0.495 e. The Kier molecular flexibility index (Phi) is 6.18. The van der Waals surface area contributed by atoms with Crippen LogP contribution in [0.4, 0.5) is 0 Å². The van der Waals surface area contributed by atoms with Gasteiger partial charge in [0.2, 0.25) is 0 Å². The molecule has 5 heteroatoms. The first-order valence-electron chi connectivity index (χ1n) is 9.02. The lowest BCUT2D eigenvalue weighted by Gasteiger charge is -2.15. The zero-order valence-electron chi connectivity index (χ0n) is 16.4. The molecule has 0 aliphatic carbocycles. The molecule has 0 N–H and O–H groups in total. The summed E-state index contributed by atoms with van der Waals surface area (Å²) in [6, 6.07) is 10.1. The van der Waals surface area contributed by atoms with Crippen LogP contribution in [0.15, 0.2) is 52.6 Å². The summed E-state index contributed by atoms with van der Waals surface area (Å²) in [6.45, 7) is 9.40. The number of nitrogens with zero attached hydrogens (tertiary/aromatic N) is 2. The number of hydrogen-bond donors (Lipinski definition) is 0. The molecule has 3 nitrogen and oxygen atoms in total. The van der Waals surface area contributed by atoms with Gasteiger partial charge in [-0.3, -0.25) is 4.98 Å². The molecule has 142 valence electrons. The maximum atomic E-state index is 6.53. The zero-order chi connectivity index (χ0) is 19.6. The molecule has 0 amide bonds. The van der Waals surface area contributed by atoms with E-state index >= 15 is 0 Å². The zero-order valence-corrected chi connectivity index (χ0v) is 18.0. The molecule has 0 aliphatic rings. The molecule has 3 rings (SSSR count). The molecule has 0 fully saturated rings. The first kappa shape index (κ1) is 19.8. The van der Waals surface area contributed by atoms with Gasteiger partial charge in [-0.1, -0.05) is 49.3 Å². The van der Waals surface area contributed by atoms with Crippen LogP contribution in [0.3, 0.4) is 0 Å². The van der Waals surface area contributed by atoms with Gasteiger partial charge in [-0.05, 0) is 49.1 Å². The Balaban J connectivity index is 2.17. The van der Waals surface area contributed by atoms with Crippen LogP contribution < -0.4 is 4.74 Å². The summed E-state index contributed by atoms with van der Waals surface area (Å²) in [6.07, 6.45) is 3.67. The monoisotopic (exact) mass is 400 g/mol. The molecule has 0 radical (unpaired) electrons. The van der Waals surface area contributed by atoms with Gasteiger partial charge < -0.3 is 9.30 Å². The quantitative estimate of drug-likeness (QED) is 0.473. The Morgan fingerprint density at radius 1 is 1.15 bits per heavy atom. The van der Waals surface area contributed by atoms with Crippen LogP contribution >= 0.6 is 23.4 Å². The smallest absolute Gasteiger partial charge is 0.144 e. The number of aromatic nitrogens is 2. The predicted octanol–water partition coefficient (Wildman–Crippen LogP) is 6.48. The van der Waals surface area contributed by atoms with E-state index in [0.717, 1.165) is 27.9 Å². The molecule has 3 aromatic rings. The van der Waals surface area contributed by atoms with E-state index in [1.54, 1.807) is 18.9 Å². The Morgan fingerprint density at radius 2 is 1.85 bits per heavy atom. The molecule has 0 atom stereocenters. The minimum atomic E-state index is 0.336. The second kappa shape index (κ2) is 8.41. The Labute approximate surface area is 170 Å². The third-order valence-corrected chi connectivity index (χ3v) is 6.49. The van der Waals surface area contributed by atoms with Crippen molar-refractivity contribution >= 4 is 23.4 Å². The Bertz CT molecular complexity index is 915. The largest absolute Gasteiger partial charge is 0.495 e. The highest BCUT2D eigenvalue weighted by Gasteiger charge is 2.25. The van der Waals surface area contributed by atoms with Crippen LogP contribution in [-0.2, 0) is 6.54 Å². The highest BCUT2D eigenvalue weighted by atomic mass is 35.5. The van der Waals surface area contributed by atoms with E-state index in [9.17, 15) is 0 Å². The number of methoxy groups -OCH3 is 1. The molecular weight excluding hydrogens is 376 g/mol. The van der Waals surface area contributed by atoms with E-state index < -0.39 is 0 Å². The molecule has 27 heavy (non-hydrogen) atoms. The van der Waals surface area contributed by atoms with E-state index in [4.69, 9.17) is 16.3 Å². The van der Waals surface area contributed by atoms with Gasteiger partial charge in [-0.2, -0.15) is 0 Å². The molecule has 0 aliphatic heterocycles. The predicted molar refractivity (Wildman–Crippen MR) is 113 cm³/mol. The van der Waals surface area contributed by atoms with Crippen molar-refractivity contribution in [3.8, 4) is 5.75 Å². The van der Waals surface area contributed by atoms with E-state index in [2.05, 4.69) is 55.4 Å². The minimum absolute atomic E-state index is 0.336. The van der Waals surface area contributed by atoms with Crippen molar-refractivity contribution in [3.05, 3.63) is 70.1 Å². The lowest BCUT2D eigenvalue weighted by atomic mass is 10.1. The second-order valence-corrected chi connectivity index (χ2v) is 8.33. The van der Waals surface area contributed by atoms with Crippen LogP contribution in [0.2, 0.25) is 5.02 Å². The van der Waals surface area contributed by atoms with Crippen LogP contribution in [0.1, 0.15) is 42.1 Å².